The zero-order valence-electron chi connectivity index (χ0n) is 8.18. The van der Waals surface area contributed by atoms with Gasteiger partial charge in [-0.2, -0.15) is 0 Å². The van der Waals surface area contributed by atoms with Crippen molar-refractivity contribution in [3.63, 3.8) is 0 Å². The maximum absolute atomic E-state index is 3.88. The molecule has 2 aliphatic carbocycles. The molecule has 2 saturated carbocycles. The van der Waals surface area contributed by atoms with Crippen LogP contribution in [0.3, 0.4) is 0 Å². The van der Waals surface area contributed by atoms with E-state index < -0.39 is 0 Å². The molecule has 0 N–H and O–H groups in total. The minimum atomic E-state index is 0.783. The molecule has 0 nitrogen and oxygen atoms in total. The highest BCUT2D eigenvalue weighted by molar-refractivity contribution is 5.01. The first kappa shape index (κ1) is 8.34. The molecule has 0 aromatic heterocycles. The monoisotopic (exact) mass is 164 g/mol. The summed E-state index contributed by atoms with van der Waals surface area (Å²) in [4.78, 5) is 0. The molecular weight excluding hydrogens is 144 g/mol. The number of rotatable bonds is 1. The molecule has 1 spiro atoms. The van der Waals surface area contributed by atoms with Gasteiger partial charge >= 0.3 is 0 Å². The second-order valence-electron chi connectivity index (χ2n) is 5.09. The third kappa shape index (κ3) is 1.32. The summed E-state index contributed by atoms with van der Waals surface area (Å²) >= 11 is 0. The van der Waals surface area contributed by atoms with Crippen molar-refractivity contribution in [2.45, 2.75) is 45.4 Å². The second kappa shape index (κ2) is 2.90. The predicted molar refractivity (Wildman–Crippen MR) is 53.0 cm³/mol. The lowest BCUT2D eigenvalue weighted by atomic mass is 9.55. The van der Waals surface area contributed by atoms with Crippen LogP contribution < -0.4 is 0 Å². The zero-order valence-corrected chi connectivity index (χ0v) is 8.18. The van der Waals surface area contributed by atoms with Crippen molar-refractivity contribution in [1.29, 1.82) is 0 Å². The van der Waals surface area contributed by atoms with Crippen molar-refractivity contribution >= 4 is 0 Å². The minimum Gasteiger partial charge on any atom is -0.103 e. The smallest absolute Gasteiger partial charge is 0.0226 e. The van der Waals surface area contributed by atoms with E-state index in [0.29, 0.717) is 0 Å². The quantitative estimate of drug-likeness (QED) is 0.517. The van der Waals surface area contributed by atoms with Gasteiger partial charge in [0.2, 0.25) is 0 Å². The van der Waals surface area contributed by atoms with Crippen molar-refractivity contribution in [1.82, 2.24) is 0 Å². The molecule has 0 atom stereocenters. The Bertz CT molecular complexity index is 164. The highest BCUT2D eigenvalue weighted by atomic mass is 14.5. The number of hydrogen-bond donors (Lipinski definition) is 0. The Morgan fingerprint density at radius 1 is 1.25 bits per heavy atom. The van der Waals surface area contributed by atoms with Gasteiger partial charge in [-0.3, -0.25) is 0 Å². The highest BCUT2D eigenvalue weighted by Gasteiger charge is 2.43. The predicted octanol–water partition coefficient (Wildman–Crippen LogP) is 3.78. The first-order chi connectivity index (χ1) is 5.74. The first-order valence-corrected chi connectivity index (χ1v) is 5.37. The van der Waals surface area contributed by atoms with E-state index in [-0.39, 0.29) is 0 Å². The lowest BCUT2D eigenvalue weighted by molar-refractivity contribution is 0.0238. The first-order valence-electron chi connectivity index (χ1n) is 5.37. The van der Waals surface area contributed by atoms with Gasteiger partial charge in [0.05, 0.1) is 0 Å². The van der Waals surface area contributed by atoms with Gasteiger partial charge in [-0.1, -0.05) is 25.8 Å². The van der Waals surface area contributed by atoms with Crippen molar-refractivity contribution in [2.24, 2.45) is 17.3 Å². The Hall–Kier alpha value is -0.260. The van der Waals surface area contributed by atoms with E-state index in [4.69, 9.17) is 0 Å². The molecule has 0 heterocycles. The van der Waals surface area contributed by atoms with Gasteiger partial charge in [0, 0.05) is 0 Å². The summed E-state index contributed by atoms with van der Waals surface area (Å²) in [7, 11) is 0. The zero-order chi connectivity index (χ0) is 8.60. The molecule has 2 rings (SSSR count). The molecule has 2 aliphatic rings. The molecule has 12 heavy (non-hydrogen) atoms. The van der Waals surface area contributed by atoms with Gasteiger partial charge in [0.1, 0.15) is 0 Å². The van der Waals surface area contributed by atoms with Crippen LogP contribution >= 0.6 is 0 Å². The molecule has 0 aromatic rings. The van der Waals surface area contributed by atoms with Crippen LogP contribution in [0.1, 0.15) is 45.4 Å². The second-order valence-corrected chi connectivity index (χ2v) is 5.09. The van der Waals surface area contributed by atoms with Crippen LogP contribution in [0.25, 0.3) is 0 Å². The molecule has 2 fully saturated rings. The van der Waals surface area contributed by atoms with Gasteiger partial charge in [-0.15, -0.1) is 6.58 Å². The fourth-order valence-electron chi connectivity index (χ4n) is 3.00. The van der Waals surface area contributed by atoms with E-state index in [0.717, 1.165) is 17.3 Å². The fourth-order valence-corrected chi connectivity index (χ4v) is 3.00. The number of hydrogen-bond acceptors (Lipinski definition) is 0. The molecule has 0 unspecified atom stereocenters. The molecule has 0 aliphatic heterocycles. The summed E-state index contributed by atoms with van der Waals surface area (Å²) in [6.45, 7) is 6.27. The summed E-state index contributed by atoms with van der Waals surface area (Å²) < 4.78 is 0. The number of allylic oxidation sites excluding steroid dienone is 1. The summed E-state index contributed by atoms with van der Waals surface area (Å²) in [6.07, 6.45) is 11.0. The Morgan fingerprint density at radius 3 is 2.33 bits per heavy atom. The third-order valence-electron chi connectivity index (χ3n) is 4.06. The maximum Gasteiger partial charge on any atom is -0.0226 e. The molecule has 0 aromatic carbocycles. The van der Waals surface area contributed by atoms with Gasteiger partial charge in [0.25, 0.3) is 0 Å². The standard InChI is InChI=1S/C12H20/c1-3-11-8-12(9-11)6-4-10(2)5-7-12/h3,10-11H,1,4-9H2,2H3. The van der Waals surface area contributed by atoms with Crippen LogP contribution in [0.5, 0.6) is 0 Å². The summed E-state index contributed by atoms with van der Waals surface area (Å²) in [5.74, 6) is 1.86. The largest absolute Gasteiger partial charge is 0.103 e. The summed E-state index contributed by atoms with van der Waals surface area (Å²) in [6, 6.07) is 0. The molecule has 0 saturated heterocycles. The molecule has 68 valence electrons. The Kier molecular flexibility index (Phi) is 2.02. The van der Waals surface area contributed by atoms with E-state index in [9.17, 15) is 0 Å². The topological polar surface area (TPSA) is 0 Å². The fraction of sp³-hybridized carbons (Fsp3) is 0.833. The van der Waals surface area contributed by atoms with Gasteiger partial charge < -0.3 is 0 Å². The van der Waals surface area contributed by atoms with Crippen LogP contribution in [0.4, 0.5) is 0 Å². The summed E-state index contributed by atoms with van der Waals surface area (Å²) in [5.41, 5.74) is 0.783. The van der Waals surface area contributed by atoms with Crippen molar-refractivity contribution in [3.05, 3.63) is 12.7 Å². The minimum absolute atomic E-state index is 0.783. The van der Waals surface area contributed by atoms with Crippen molar-refractivity contribution in [2.75, 3.05) is 0 Å². The van der Waals surface area contributed by atoms with E-state index in [1.165, 1.54) is 38.5 Å². The molecule has 0 bridgehead atoms. The van der Waals surface area contributed by atoms with E-state index in [2.05, 4.69) is 19.6 Å². The average molecular weight is 164 g/mol. The van der Waals surface area contributed by atoms with Crippen LogP contribution in [-0.4, -0.2) is 0 Å². The van der Waals surface area contributed by atoms with Crippen LogP contribution in [-0.2, 0) is 0 Å². The molecular formula is C12H20. The van der Waals surface area contributed by atoms with Crippen LogP contribution in [0.15, 0.2) is 12.7 Å². The third-order valence-corrected chi connectivity index (χ3v) is 4.06. The van der Waals surface area contributed by atoms with Gasteiger partial charge in [-0.05, 0) is 42.9 Å². The van der Waals surface area contributed by atoms with Gasteiger partial charge in [0.15, 0.2) is 0 Å². The summed E-state index contributed by atoms with van der Waals surface area (Å²) in [5, 5.41) is 0. The highest BCUT2D eigenvalue weighted by Crippen LogP contribution is 2.55. The lowest BCUT2D eigenvalue weighted by Crippen LogP contribution is -2.39. The molecule has 0 radical (unpaired) electrons. The Labute approximate surface area is 76.1 Å². The van der Waals surface area contributed by atoms with Crippen LogP contribution in [0, 0.1) is 17.3 Å². The maximum atomic E-state index is 3.88. The average Bonchev–Trinajstić information content (AvgIpc) is 2.02. The van der Waals surface area contributed by atoms with Gasteiger partial charge in [-0.25, -0.2) is 0 Å². The van der Waals surface area contributed by atoms with Crippen molar-refractivity contribution < 1.29 is 0 Å². The van der Waals surface area contributed by atoms with E-state index >= 15 is 0 Å². The molecule has 0 heteroatoms. The lowest BCUT2D eigenvalue weighted by Gasteiger charge is -2.50. The normalized spacial score (nSPS) is 47.1. The van der Waals surface area contributed by atoms with E-state index in [1.54, 1.807) is 0 Å². The Balaban J connectivity index is 1.86. The Morgan fingerprint density at radius 2 is 1.83 bits per heavy atom. The molecule has 0 amide bonds. The van der Waals surface area contributed by atoms with E-state index in [1.807, 2.05) is 0 Å². The van der Waals surface area contributed by atoms with Crippen LogP contribution in [0.2, 0.25) is 0 Å². The SMILES string of the molecule is C=CC1CC2(CCC(C)CC2)C1. The van der Waals surface area contributed by atoms with Crippen molar-refractivity contribution in [3.8, 4) is 0 Å².